The Bertz CT molecular complexity index is 1180. The highest BCUT2D eigenvalue weighted by atomic mass is 32.1. The van der Waals surface area contributed by atoms with E-state index in [4.69, 9.17) is 16.6 Å². The minimum Gasteiger partial charge on any atom is -0.409 e. The molecule has 10 heteroatoms. The summed E-state index contributed by atoms with van der Waals surface area (Å²) in [4.78, 5) is 17.4. The zero-order valence-electron chi connectivity index (χ0n) is 14.8. The first-order valence-corrected chi connectivity index (χ1v) is 9.58. The van der Waals surface area contributed by atoms with Gasteiger partial charge in [0.1, 0.15) is 5.01 Å². The van der Waals surface area contributed by atoms with Crippen molar-refractivity contribution in [3.8, 4) is 11.5 Å². The number of non-ortho nitro benzene ring substituents is 1. The molecular weight excluding hydrogens is 398 g/mol. The van der Waals surface area contributed by atoms with Crippen LogP contribution >= 0.6 is 23.6 Å². The van der Waals surface area contributed by atoms with Crippen molar-refractivity contribution < 1.29 is 9.34 Å². The molecule has 0 unspecified atom stereocenters. The monoisotopic (exact) mass is 413 g/mol. The molecule has 0 radical (unpaired) electrons. The van der Waals surface area contributed by atoms with Crippen LogP contribution in [0.4, 0.5) is 5.69 Å². The van der Waals surface area contributed by atoms with Crippen LogP contribution in [-0.2, 0) is 13.2 Å². The molecule has 2 heterocycles. The van der Waals surface area contributed by atoms with E-state index >= 15 is 0 Å². The lowest BCUT2D eigenvalue weighted by molar-refractivity contribution is -0.384. The van der Waals surface area contributed by atoms with E-state index < -0.39 is 4.92 Å². The second-order valence-corrected chi connectivity index (χ2v) is 7.68. The lowest BCUT2D eigenvalue weighted by Crippen LogP contribution is -2.22. The topological polar surface area (TPSA) is 90.2 Å². The quantitative estimate of drug-likeness (QED) is 0.261. The van der Waals surface area contributed by atoms with Crippen molar-refractivity contribution in [2.45, 2.75) is 13.2 Å². The van der Waals surface area contributed by atoms with Crippen molar-refractivity contribution in [3.05, 3.63) is 68.5 Å². The van der Waals surface area contributed by atoms with Gasteiger partial charge < -0.3 is 4.42 Å². The lowest BCUT2D eigenvalue weighted by atomic mass is 10.2. The predicted molar refractivity (Wildman–Crippen MR) is 109 cm³/mol. The Morgan fingerprint density at radius 1 is 1.29 bits per heavy atom. The van der Waals surface area contributed by atoms with Gasteiger partial charge in [0.2, 0.25) is 5.89 Å². The van der Waals surface area contributed by atoms with Gasteiger partial charge >= 0.3 is 0 Å². The van der Waals surface area contributed by atoms with Crippen LogP contribution in [0.25, 0.3) is 21.7 Å². The van der Waals surface area contributed by atoms with Crippen LogP contribution < -0.4 is 0 Å². The summed E-state index contributed by atoms with van der Waals surface area (Å²) in [7, 11) is 1.94. The van der Waals surface area contributed by atoms with Gasteiger partial charge in [-0.05, 0) is 37.5 Å². The number of fused-ring (bicyclic) bond motifs is 1. The Hall–Kier alpha value is -2.95. The summed E-state index contributed by atoms with van der Waals surface area (Å²) in [5, 5.41) is 16.3. The third-order valence-corrected chi connectivity index (χ3v) is 5.34. The molecule has 0 aliphatic carbocycles. The van der Waals surface area contributed by atoms with E-state index in [0.29, 0.717) is 18.8 Å². The maximum atomic E-state index is 11.0. The van der Waals surface area contributed by atoms with Gasteiger partial charge in [-0.3, -0.25) is 15.0 Å². The molecule has 0 atom stereocenters. The molecule has 0 amide bonds. The zero-order valence-corrected chi connectivity index (χ0v) is 16.4. The Labute approximate surface area is 168 Å². The van der Waals surface area contributed by atoms with Crippen LogP contribution in [0.2, 0.25) is 0 Å². The third-order valence-electron chi connectivity index (χ3n) is 4.03. The first kappa shape index (κ1) is 18.4. The molecule has 0 fully saturated rings. The number of hydrogen-bond acceptors (Lipinski definition) is 8. The van der Waals surface area contributed by atoms with Crippen LogP contribution in [0.5, 0.6) is 0 Å². The number of nitro benzene ring substituents is 1. The summed E-state index contributed by atoms with van der Waals surface area (Å²) in [6.07, 6.45) is 0. The molecule has 8 nitrogen and oxygen atoms in total. The molecule has 4 aromatic rings. The van der Waals surface area contributed by atoms with E-state index in [1.165, 1.54) is 12.1 Å². The second-order valence-electron chi connectivity index (χ2n) is 6.21. The number of rotatable bonds is 6. The van der Waals surface area contributed by atoms with Gasteiger partial charge in [-0.15, -0.1) is 16.4 Å². The van der Waals surface area contributed by atoms with Gasteiger partial charge in [-0.25, -0.2) is 9.67 Å². The first-order chi connectivity index (χ1) is 13.5. The van der Waals surface area contributed by atoms with Crippen molar-refractivity contribution in [2.75, 3.05) is 7.05 Å². The average molecular weight is 413 g/mol. The Morgan fingerprint density at radius 3 is 2.89 bits per heavy atom. The van der Waals surface area contributed by atoms with Gasteiger partial charge in [-0.1, -0.05) is 18.2 Å². The van der Waals surface area contributed by atoms with Crippen molar-refractivity contribution in [1.29, 1.82) is 0 Å². The van der Waals surface area contributed by atoms with E-state index in [2.05, 4.69) is 16.1 Å². The van der Waals surface area contributed by atoms with Crippen molar-refractivity contribution in [1.82, 2.24) is 19.7 Å². The SMILES string of the molecule is CN(Cc1nc2ccccc2s1)Cn1nc(-c2cccc([N+](=O)[O-])c2)oc1=S. The molecule has 2 aromatic heterocycles. The van der Waals surface area contributed by atoms with Gasteiger partial charge in [0.15, 0.2) is 0 Å². The largest absolute Gasteiger partial charge is 0.409 e. The highest BCUT2D eigenvalue weighted by molar-refractivity contribution is 7.71. The molecule has 0 saturated carbocycles. The lowest BCUT2D eigenvalue weighted by Gasteiger charge is -2.13. The van der Waals surface area contributed by atoms with Crippen molar-refractivity contribution in [3.63, 3.8) is 0 Å². The molecule has 0 spiro atoms. The molecule has 142 valence electrons. The molecular formula is C18H15N5O3S2. The average Bonchev–Trinajstić information content (AvgIpc) is 3.24. The molecule has 28 heavy (non-hydrogen) atoms. The van der Waals surface area contributed by atoms with Gasteiger partial charge in [0.25, 0.3) is 10.5 Å². The van der Waals surface area contributed by atoms with Crippen molar-refractivity contribution >= 4 is 39.5 Å². The molecule has 2 aromatic carbocycles. The molecule has 0 aliphatic heterocycles. The number of nitrogens with zero attached hydrogens (tertiary/aromatic N) is 5. The normalized spacial score (nSPS) is 11.4. The van der Waals surface area contributed by atoms with E-state index in [-0.39, 0.29) is 16.4 Å². The summed E-state index contributed by atoms with van der Waals surface area (Å²) in [6.45, 7) is 1.05. The van der Waals surface area contributed by atoms with Gasteiger partial charge in [0.05, 0.1) is 28.4 Å². The Balaban J connectivity index is 1.51. The number of hydrogen-bond donors (Lipinski definition) is 0. The van der Waals surface area contributed by atoms with E-state index in [1.54, 1.807) is 28.2 Å². The van der Waals surface area contributed by atoms with Gasteiger partial charge in [-0.2, -0.15) is 0 Å². The molecule has 0 N–H and O–H groups in total. The third kappa shape index (κ3) is 3.84. The minimum absolute atomic E-state index is 0.0267. The smallest absolute Gasteiger partial charge is 0.288 e. The fraction of sp³-hybridized carbons (Fsp3) is 0.167. The molecule has 0 aliphatic rings. The van der Waals surface area contributed by atoms with Crippen LogP contribution in [0.1, 0.15) is 5.01 Å². The van der Waals surface area contributed by atoms with E-state index in [0.717, 1.165) is 15.2 Å². The Kier molecular flexibility index (Phi) is 4.99. The first-order valence-electron chi connectivity index (χ1n) is 8.35. The number of thiazole rings is 1. The van der Waals surface area contributed by atoms with E-state index in [9.17, 15) is 10.1 Å². The molecule has 0 saturated heterocycles. The fourth-order valence-corrected chi connectivity index (χ4v) is 3.99. The predicted octanol–water partition coefficient (Wildman–Crippen LogP) is 4.48. The maximum absolute atomic E-state index is 11.0. The van der Waals surface area contributed by atoms with E-state index in [1.807, 2.05) is 30.1 Å². The van der Waals surface area contributed by atoms with Crippen molar-refractivity contribution in [2.24, 2.45) is 0 Å². The van der Waals surface area contributed by atoms with Crippen LogP contribution in [0.15, 0.2) is 52.9 Å². The summed E-state index contributed by atoms with van der Waals surface area (Å²) < 4.78 is 8.24. The molecule has 4 rings (SSSR count). The zero-order chi connectivity index (χ0) is 19.7. The summed E-state index contributed by atoms with van der Waals surface area (Å²) in [6, 6.07) is 14.1. The van der Waals surface area contributed by atoms with Crippen LogP contribution in [0, 0.1) is 15.0 Å². The fourth-order valence-electron chi connectivity index (χ4n) is 2.76. The standard InChI is InChI=1S/C18H15N5O3S2/c1-21(10-16-19-14-7-2-3-8-15(14)28-16)11-22-18(27)26-17(20-22)12-5-4-6-13(9-12)23(24)25/h2-9H,10-11H2,1H3. The van der Waals surface area contributed by atoms with Crippen LogP contribution in [-0.4, -0.2) is 31.6 Å². The number of benzene rings is 2. The Morgan fingerprint density at radius 2 is 2.11 bits per heavy atom. The number of aromatic nitrogens is 3. The minimum atomic E-state index is -0.457. The number of para-hydroxylation sites is 1. The molecule has 0 bridgehead atoms. The highest BCUT2D eigenvalue weighted by Crippen LogP contribution is 2.24. The van der Waals surface area contributed by atoms with Gasteiger partial charge in [0, 0.05) is 17.7 Å². The maximum Gasteiger partial charge on any atom is 0.288 e. The summed E-state index contributed by atoms with van der Waals surface area (Å²) >= 11 is 6.90. The van der Waals surface area contributed by atoms with Crippen LogP contribution in [0.3, 0.4) is 0 Å². The highest BCUT2D eigenvalue weighted by Gasteiger charge is 2.14. The summed E-state index contributed by atoms with van der Waals surface area (Å²) in [5.74, 6) is 0.252. The second kappa shape index (κ2) is 7.58. The summed E-state index contributed by atoms with van der Waals surface area (Å²) in [5.41, 5.74) is 1.47. The number of nitro groups is 1.